The molecule has 32 heavy (non-hydrogen) atoms. The first-order valence-corrected chi connectivity index (χ1v) is 11.0. The Hall–Kier alpha value is -3.65. The molecule has 7 nitrogen and oxygen atoms in total. The predicted octanol–water partition coefficient (Wildman–Crippen LogP) is 3.50. The van der Waals surface area contributed by atoms with Gasteiger partial charge in [-0.1, -0.05) is 30.3 Å². The minimum Gasteiger partial charge on any atom is -0.493 e. The van der Waals surface area contributed by atoms with Gasteiger partial charge in [-0.05, 0) is 41.6 Å². The highest BCUT2D eigenvalue weighted by molar-refractivity contribution is 7.13. The molecule has 0 bridgehead atoms. The summed E-state index contributed by atoms with van der Waals surface area (Å²) in [7, 11) is 3.17. The number of fused-ring (bicyclic) bond motifs is 1. The van der Waals surface area contributed by atoms with E-state index in [1.807, 2.05) is 53.9 Å². The molecule has 4 aromatic rings. The highest BCUT2D eigenvalue weighted by Crippen LogP contribution is 2.29. The molecule has 0 atom stereocenters. The fraction of sp³-hybridized carbons (Fsp3) is 0.208. The Balaban J connectivity index is 1.48. The maximum Gasteiger partial charge on any atom is 0.275 e. The molecule has 0 radical (unpaired) electrons. The summed E-state index contributed by atoms with van der Waals surface area (Å²) in [5.74, 6) is 1.03. The molecule has 0 aliphatic rings. The molecule has 164 valence electrons. The Morgan fingerprint density at radius 2 is 1.81 bits per heavy atom. The lowest BCUT2D eigenvalue weighted by molar-refractivity contribution is -0.121. The van der Waals surface area contributed by atoms with Gasteiger partial charge in [-0.3, -0.25) is 9.59 Å². The van der Waals surface area contributed by atoms with Gasteiger partial charge in [-0.15, -0.1) is 11.3 Å². The van der Waals surface area contributed by atoms with E-state index in [2.05, 4.69) is 10.4 Å². The molecule has 0 aliphatic heterocycles. The number of benzene rings is 2. The van der Waals surface area contributed by atoms with Crippen LogP contribution >= 0.6 is 11.3 Å². The van der Waals surface area contributed by atoms with E-state index in [4.69, 9.17) is 9.47 Å². The van der Waals surface area contributed by atoms with Crippen molar-refractivity contribution in [2.75, 3.05) is 20.8 Å². The van der Waals surface area contributed by atoms with Crippen molar-refractivity contribution in [1.82, 2.24) is 15.1 Å². The maximum atomic E-state index is 12.9. The normalized spacial score (nSPS) is 10.8. The summed E-state index contributed by atoms with van der Waals surface area (Å²) in [6.45, 7) is 0.280. The first-order chi connectivity index (χ1) is 15.6. The van der Waals surface area contributed by atoms with E-state index in [0.717, 1.165) is 15.8 Å². The first-order valence-electron chi connectivity index (χ1n) is 10.1. The predicted molar refractivity (Wildman–Crippen MR) is 126 cm³/mol. The number of amides is 1. The van der Waals surface area contributed by atoms with Crippen LogP contribution in [-0.2, 0) is 17.8 Å². The number of methoxy groups -OCH3 is 2. The van der Waals surface area contributed by atoms with Crippen molar-refractivity contribution >= 4 is 28.0 Å². The fourth-order valence-electron chi connectivity index (χ4n) is 3.51. The Labute approximate surface area is 189 Å². The van der Waals surface area contributed by atoms with Crippen LogP contribution in [0.25, 0.3) is 21.3 Å². The summed E-state index contributed by atoms with van der Waals surface area (Å²) >= 11 is 1.54. The average molecular weight is 450 g/mol. The third-order valence-electron chi connectivity index (χ3n) is 5.10. The van der Waals surface area contributed by atoms with E-state index in [-0.39, 0.29) is 18.0 Å². The molecular weight excluding hydrogens is 426 g/mol. The minimum atomic E-state index is -0.282. The Kier molecular flexibility index (Phi) is 6.51. The quantitative estimate of drug-likeness (QED) is 0.445. The number of thiophene rings is 1. The van der Waals surface area contributed by atoms with Crippen molar-refractivity contribution in [3.05, 3.63) is 75.9 Å². The van der Waals surface area contributed by atoms with Gasteiger partial charge < -0.3 is 14.8 Å². The van der Waals surface area contributed by atoms with Gasteiger partial charge in [0.2, 0.25) is 5.91 Å². The van der Waals surface area contributed by atoms with Crippen molar-refractivity contribution in [3.63, 3.8) is 0 Å². The van der Waals surface area contributed by atoms with Crippen LogP contribution in [0.2, 0.25) is 0 Å². The third kappa shape index (κ3) is 4.50. The second kappa shape index (κ2) is 9.65. The minimum absolute atomic E-state index is 0.145. The highest BCUT2D eigenvalue weighted by atomic mass is 32.1. The summed E-state index contributed by atoms with van der Waals surface area (Å²) in [5.41, 5.74) is 1.42. The molecule has 0 spiro atoms. The molecule has 0 aliphatic carbocycles. The maximum absolute atomic E-state index is 12.9. The SMILES string of the molecule is COc1ccc(CCNC(=O)Cn2nc(-c3cccs3)c3ccccc3c2=O)cc1OC. The molecule has 0 fully saturated rings. The molecule has 2 heterocycles. The number of ether oxygens (including phenoxy) is 2. The molecule has 0 unspecified atom stereocenters. The van der Waals surface area contributed by atoms with Crippen molar-refractivity contribution in [1.29, 1.82) is 0 Å². The summed E-state index contributed by atoms with van der Waals surface area (Å²) in [5, 5.41) is 10.7. The van der Waals surface area contributed by atoms with E-state index >= 15 is 0 Å². The van der Waals surface area contributed by atoms with Crippen molar-refractivity contribution in [3.8, 4) is 22.1 Å². The highest BCUT2D eigenvalue weighted by Gasteiger charge is 2.14. The number of hydrogen-bond donors (Lipinski definition) is 1. The fourth-order valence-corrected chi connectivity index (χ4v) is 4.24. The standard InChI is InChI=1S/C24H23N3O4S/c1-30-19-10-9-16(14-20(19)31-2)11-12-25-22(28)15-27-24(29)18-7-4-3-6-17(18)23(26-27)21-8-5-13-32-21/h3-10,13-14H,11-12,15H2,1-2H3,(H,25,28). The monoisotopic (exact) mass is 449 g/mol. The molecule has 0 saturated heterocycles. The van der Waals surface area contributed by atoms with Crippen LogP contribution in [0.5, 0.6) is 11.5 Å². The Morgan fingerprint density at radius 1 is 1.03 bits per heavy atom. The van der Waals surface area contributed by atoms with E-state index in [1.54, 1.807) is 31.6 Å². The lowest BCUT2D eigenvalue weighted by Gasteiger charge is -2.11. The second-order valence-electron chi connectivity index (χ2n) is 7.12. The number of nitrogens with one attached hydrogen (secondary N) is 1. The first kappa shape index (κ1) is 21.6. The Bertz CT molecular complexity index is 1300. The van der Waals surface area contributed by atoms with E-state index in [0.29, 0.717) is 35.5 Å². The zero-order valence-electron chi connectivity index (χ0n) is 17.8. The third-order valence-corrected chi connectivity index (χ3v) is 5.98. The molecule has 0 saturated carbocycles. The van der Waals surface area contributed by atoms with Crippen molar-refractivity contribution in [2.45, 2.75) is 13.0 Å². The van der Waals surface area contributed by atoms with Crippen LogP contribution in [0.1, 0.15) is 5.56 Å². The van der Waals surface area contributed by atoms with Crippen LogP contribution < -0.4 is 20.3 Å². The van der Waals surface area contributed by atoms with Gasteiger partial charge in [0, 0.05) is 11.9 Å². The smallest absolute Gasteiger partial charge is 0.275 e. The number of nitrogens with zero attached hydrogens (tertiary/aromatic N) is 2. The van der Waals surface area contributed by atoms with Gasteiger partial charge in [-0.2, -0.15) is 5.10 Å². The topological polar surface area (TPSA) is 82.5 Å². The lowest BCUT2D eigenvalue weighted by Crippen LogP contribution is -2.34. The van der Waals surface area contributed by atoms with Crippen LogP contribution in [0.3, 0.4) is 0 Å². The van der Waals surface area contributed by atoms with E-state index in [9.17, 15) is 9.59 Å². The summed E-state index contributed by atoms with van der Waals surface area (Å²) < 4.78 is 11.8. The number of rotatable bonds is 8. The molecule has 2 aromatic carbocycles. The summed E-state index contributed by atoms with van der Waals surface area (Å²) in [6, 6.07) is 16.9. The van der Waals surface area contributed by atoms with Gasteiger partial charge in [0.15, 0.2) is 11.5 Å². The number of hydrogen-bond acceptors (Lipinski definition) is 6. The zero-order valence-corrected chi connectivity index (χ0v) is 18.6. The van der Waals surface area contributed by atoms with Crippen molar-refractivity contribution < 1.29 is 14.3 Å². The molecular formula is C24H23N3O4S. The summed E-state index contributed by atoms with van der Waals surface area (Å²) in [4.78, 5) is 26.4. The van der Waals surface area contributed by atoms with Gasteiger partial charge in [0.1, 0.15) is 12.2 Å². The van der Waals surface area contributed by atoms with Gasteiger partial charge in [-0.25, -0.2) is 4.68 Å². The number of aromatic nitrogens is 2. The molecule has 1 amide bonds. The molecule has 1 N–H and O–H groups in total. The average Bonchev–Trinajstić information content (AvgIpc) is 3.35. The van der Waals surface area contributed by atoms with Crippen LogP contribution in [-0.4, -0.2) is 36.5 Å². The molecule has 2 aromatic heterocycles. The number of carbonyl (C=O) groups excluding carboxylic acids is 1. The van der Waals surface area contributed by atoms with E-state index in [1.165, 1.54) is 4.68 Å². The van der Waals surface area contributed by atoms with Crippen LogP contribution in [0, 0.1) is 0 Å². The van der Waals surface area contributed by atoms with Gasteiger partial charge >= 0.3 is 0 Å². The molecule has 8 heteroatoms. The molecule has 4 rings (SSSR count). The zero-order chi connectivity index (χ0) is 22.5. The van der Waals surface area contributed by atoms with Gasteiger partial charge in [0.25, 0.3) is 5.56 Å². The van der Waals surface area contributed by atoms with Crippen molar-refractivity contribution in [2.24, 2.45) is 0 Å². The Morgan fingerprint density at radius 3 is 2.53 bits per heavy atom. The summed E-state index contributed by atoms with van der Waals surface area (Å²) in [6.07, 6.45) is 0.618. The largest absolute Gasteiger partial charge is 0.493 e. The van der Waals surface area contributed by atoms with E-state index < -0.39 is 0 Å². The van der Waals surface area contributed by atoms with Gasteiger partial charge in [0.05, 0.1) is 24.5 Å². The van der Waals surface area contributed by atoms with Crippen LogP contribution in [0.15, 0.2) is 64.8 Å². The second-order valence-corrected chi connectivity index (χ2v) is 8.07. The number of carbonyl (C=O) groups is 1. The lowest BCUT2D eigenvalue weighted by atomic mass is 10.1. The van der Waals surface area contributed by atoms with Crippen LogP contribution in [0.4, 0.5) is 0 Å².